The molecule has 2 rings (SSSR count). The lowest BCUT2D eigenvalue weighted by atomic mass is 10.1. The molecule has 0 saturated carbocycles. The number of nitrogens with one attached hydrogen (secondary N) is 1. The Morgan fingerprint density at radius 2 is 2.05 bits per heavy atom. The van der Waals surface area contributed by atoms with Crippen molar-refractivity contribution in [2.24, 2.45) is 0 Å². The molecule has 0 saturated heterocycles. The molecule has 0 aliphatic rings. The topological polar surface area (TPSA) is 55.2 Å². The molecule has 2 aromatic carbocycles. The van der Waals surface area contributed by atoms with E-state index in [1.807, 2.05) is 25.1 Å². The van der Waals surface area contributed by atoms with Crippen LogP contribution in [0.25, 0.3) is 0 Å². The van der Waals surface area contributed by atoms with Crippen LogP contribution in [0.1, 0.15) is 24.1 Å². The first-order chi connectivity index (χ1) is 9.99. The number of benzene rings is 2. The molecule has 4 nitrogen and oxygen atoms in total. The van der Waals surface area contributed by atoms with Gasteiger partial charge in [-0.05, 0) is 30.7 Å². The Labute approximate surface area is 126 Å². The van der Waals surface area contributed by atoms with Crippen molar-refractivity contribution in [2.45, 2.75) is 19.5 Å². The molecule has 0 fully saturated rings. The Hall–Kier alpha value is -1.98. The number of rotatable bonds is 5. The van der Waals surface area contributed by atoms with Crippen LogP contribution >= 0.6 is 11.6 Å². The highest BCUT2D eigenvalue weighted by Gasteiger charge is 2.16. The van der Waals surface area contributed by atoms with Crippen molar-refractivity contribution in [1.29, 1.82) is 0 Å². The van der Waals surface area contributed by atoms with Gasteiger partial charge in [-0.25, -0.2) is 4.39 Å². The monoisotopic (exact) mass is 308 g/mol. The van der Waals surface area contributed by atoms with E-state index in [1.54, 1.807) is 6.07 Å². The number of hydrogen-bond donors (Lipinski definition) is 1. The van der Waals surface area contributed by atoms with Crippen LogP contribution in [0.2, 0.25) is 5.02 Å². The van der Waals surface area contributed by atoms with Gasteiger partial charge in [-0.1, -0.05) is 29.8 Å². The summed E-state index contributed by atoms with van der Waals surface area (Å²) in [5.41, 5.74) is 1.09. The fraction of sp³-hybridized carbons (Fsp3) is 0.200. The lowest BCUT2D eigenvalue weighted by molar-refractivity contribution is -0.385. The van der Waals surface area contributed by atoms with Gasteiger partial charge in [-0.2, -0.15) is 0 Å². The zero-order chi connectivity index (χ0) is 15.4. The second-order valence-electron chi connectivity index (χ2n) is 4.65. The molecule has 0 amide bonds. The average molecular weight is 309 g/mol. The highest BCUT2D eigenvalue weighted by molar-refractivity contribution is 6.31. The van der Waals surface area contributed by atoms with Gasteiger partial charge in [0.15, 0.2) is 0 Å². The average Bonchev–Trinajstić information content (AvgIpc) is 2.45. The molecule has 1 N–H and O–H groups in total. The first-order valence-corrected chi connectivity index (χ1v) is 6.77. The molecule has 0 spiro atoms. The summed E-state index contributed by atoms with van der Waals surface area (Å²) in [6, 6.07) is 10.7. The maximum absolute atomic E-state index is 13.3. The Morgan fingerprint density at radius 1 is 1.33 bits per heavy atom. The Morgan fingerprint density at radius 3 is 2.71 bits per heavy atom. The van der Waals surface area contributed by atoms with Crippen molar-refractivity contribution >= 4 is 17.3 Å². The molecule has 1 unspecified atom stereocenters. The van der Waals surface area contributed by atoms with E-state index in [9.17, 15) is 14.5 Å². The summed E-state index contributed by atoms with van der Waals surface area (Å²) in [6.07, 6.45) is 0. The van der Waals surface area contributed by atoms with E-state index in [1.165, 1.54) is 12.1 Å². The Balaban J connectivity index is 2.15. The summed E-state index contributed by atoms with van der Waals surface area (Å²) in [7, 11) is 0. The maximum Gasteiger partial charge on any atom is 0.274 e. The standard InChI is InChI=1S/C15H14ClFN2O2/c1-10(13-4-2-3-5-14(13)16)18-9-11-8-12(17)6-7-15(11)19(20)21/h2-8,10,18H,9H2,1H3. The fourth-order valence-corrected chi connectivity index (χ4v) is 2.37. The lowest BCUT2D eigenvalue weighted by Gasteiger charge is -2.15. The molecule has 1 atom stereocenters. The van der Waals surface area contributed by atoms with Crippen molar-refractivity contribution < 1.29 is 9.31 Å². The van der Waals surface area contributed by atoms with E-state index >= 15 is 0 Å². The van der Waals surface area contributed by atoms with E-state index in [-0.39, 0.29) is 18.3 Å². The fourth-order valence-electron chi connectivity index (χ4n) is 2.07. The van der Waals surface area contributed by atoms with Gasteiger partial charge < -0.3 is 5.32 Å². The Bertz CT molecular complexity index is 664. The van der Waals surface area contributed by atoms with Crippen LogP contribution in [0, 0.1) is 15.9 Å². The predicted octanol–water partition coefficient (Wildman–Crippen LogP) is 4.24. The normalized spacial score (nSPS) is 12.1. The number of hydrogen-bond acceptors (Lipinski definition) is 3. The smallest absolute Gasteiger partial charge is 0.274 e. The van der Waals surface area contributed by atoms with Gasteiger partial charge in [0.1, 0.15) is 5.82 Å². The van der Waals surface area contributed by atoms with Gasteiger partial charge in [0.2, 0.25) is 0 Å². The number of nitro groups is 1. The van der Waals surface area contributed by atoms with Gasteiger partial charge >= 0.3 is 0 Å². The van der Waals surface area contributed by atoms with Gasteiger partial charge in [0, 0.05) is 29.2 Å². The number of halogens is 2. The molecule has 0 heterocycles. The minimum Gasteiger partial charge on any atom is -0.306 e. The molecule has 0 radical (unpaired) electrons. The molecule has 0 bridgehead atoms. The highest BCUT2D eigenvalue weighted by atomic mass is 35.5. The largest absolute Gasteiger partial charge is 0.306 e. The minimum atomic E-state index is -0.517. The van der Waals surface area contributed by atoms with Crippen molar-refractivity contribution in [1.82, 2.24) is 5.32 Å². The first kappa shape index (κ1) is 15.4. The van der Waals surface area contributed by atoms with E-state index < -0.39 is 10.7 Å². The van der Waals surface area contributed by atoms with E-state index in [0.29, 0.717) is 10.6 Å². The van der Waals surface area contributed by atoms with Crippen LogP contribution in [0.15, 0.2) is 42.5 Å². The lowest BCUT2D eigenvalue weighted by Crippen LogP contribution is -2.19. The second-order valence-corrected chi connectivity index (χ2v) is 5.06. The summed E-state index contributed by atoms with van der Waals surface area (Å²) in [5.74, 6) is -0.497. The Kier molecular flexibility index (Phi) is 4.88. The van der Waals surface area contributed by atoms with Crippen LogP contribution in [0.5, 0.6) is 0 Å². The SMILES string of the molecule is CC(NCc1cc(F)ccc1[N+](=O)[O-])c1ccccc1Cl. The van der Waals surface area contributed by atoms with Gasteiger partial charge in [-0.15, -0.1) is 0 Å². The zero-order valence-electron chi connectivity index (χ0n) is 11.3. The number of nitro benzene ring substituents is 1. The van der Waals surface area contributed by atoms with E-state index in [2.05, 4.69) is 5.32 Å². The first-order valence-electron chi connectivity index (χ1n) is 6.39. The van der Waals surface area contributed by atoms with E-state index in [0.717, 1.165) is 11.6 Å². The molecule has 0 aromatic heterocycles. The molecule has 110 valence electrons. The molecular weight excluding hydrogens is 295 g/mol. The van der Waals surface area contributed by atoms with Gasteiger partial charge in [-0.3, -0.25) is 10.1 Å². The zero-order valence-corrected chi connectivity index (χ0v) is 12.1. The molecule has 0 aliphatic heterocycles. The molecule has 21 heavy (non-hydrogen) atoms. The van der Waals surface area contributed by atoms with Crippen LogP contribution in [0.4, 0.5) is 10.1 Å². The minimum absolute atomic E-state index is 0.102. The summed E-state index contributed by atoms with van der Waals surface area (Å²) in [6.45, 7) is 2.08. The van der Waals surface area contributed by atoms with Crippen LogP contribution in [0.3, 0.4) is 0 Å². The second kappa shape index (κ2) is 6.65. The molecule has 2 aromatic rings. The quantitative estimate of drug-likeness (QED) is 0.664. The highest BCUT2D eigenvalue weighted by Crippen LogP contribution is 2.24. The summed E-state index contributed by atoms with van der Waals surface area (Å²) in [4.78, 5) is 10.4. The van der Waals surface area contributed by atoms with Crippen molar-refractivity contribution in [3.8, 4) is 0 Å². The third-order valence-corrected chi connectivity index (χ3v) is 3.55. The molecule has 6 heteroatoms. The third-order valence-electron chi connectivity index (χ3n) is 3.21. The van der Waals surface area contributed by atoms with Gasteiger partial charge in [0.25, 0.3) is 5.69 Å². The van der Waals surface area contributed by atoms with Crippen LogP contribution < -0.4 is 5.32 Å². The van der Waals surface area contributed by atoms with Crippen molar-refractivity contribution in [2.75, 3.05) is 0 Å². The summed E-state index contributed by atoms with van der Waals surface area (Å²) >= 11 is 6.10. The summed E-state index contributed by atoms with van der Waals surface area (Å²) < 4.78 is 13.3. The van der Waals surface area contributed by atoms with Gasteiger partial charge in [0.05, 0.1) is 4.92 Å². The predicted molar refractivity (Wildman–Crippen MR) is 79.8 cm³/mol. The molecule has 0 aliphatic carbocycles. The van der Waals surface area contributed by atoms with Crippen molar-refractivity contribution in [3.63, 3.8) is 0 Å². The van der Waals surface area contributed by atoms with E-state index in [4.69, 9.17) is 11.6 Å². The summed E-state index contributed by atoms with van der Waals surface area (Å²) in [5, 5.41) is 14.7. The van der Waals surface area contributed by atoms with Crippen LogP contribution in [-0.4, -0.2) is 4.92 Å². The van der Waals surface area contributed by atoms with Crippen molar-refractivity contribution in [3.05, 3.63) is 74.5 Å². The van der Waals surface area contributed by atoms with Crippen LogP contribution in [-0.2, 0) is 6.54 Å². The maximum atomic E-state index is 13.3. The third kappa shape index (κ3) is 3.77. The molecular formula is C15H14ClFN2O2. The number of nitrogens with zero attached hydrogens (tertiary/aromatic N) is 1.